The summed E-state index contributed by atoms with van der Waals surface area (Å²) in [7, 11) is 3.10. The third-order valence-corrected chi connectivity index (χ3v) is 3.74. The second kappa shape index (κ2) is 8.56. The molecule has 2 amide bonds. The standard InChI is InChI=1S/C16H15BrClN3O3/c1-23-14-7-10(6-13(17)15(14)24-2)9-19-21-16(22)20-12-5-3-4-11(18)8-12/h3-9H,1-2H3,(H2,20,21,22)/b19-9-. The molecule has 0 bridgehead atoms. The van der Waals surface area contributed by atoms with E-state index in [1.807, 2.05) is 0 Å². The number of anilines is 1. The maximum Gasteiger partial charge on any atom is 0.339 e. The molecule has 126 valence electrons. The Morgan fingerprint density at radius 3 is 2.71 bits per heavy atom. The lowest BCUT2D eigenvalue weighted by molar-refractivity contribution is 0.252. The summed E-state index contributed by atoms with van der Waals surface area (Å²) in [5, 5.41) is 7.05. The summed E-state index contributed by atoms with van der Waals surface area (Å²) in [6.07, 6.45) is 1.49. The second-order valence-corrected chi connectivity index (χ2v) is 5.86. The number of amides is 2. The van der Waals surface area contributed by atoms with Crippen LogP contribution in [0.25, 0.3) is 0 Å². The Labute approximate surface area is 152 Å². The van der Waals surface area contributed by atoms with Gasteiger partial charge in [-0.05, 0) is 51.8 Å². The first-order chi connectivity index (χ1) is 11.5. The Bertz CT molecular complexity index is 768. The van der Waals surface area contributed by atoms with Crippen molar-refractivity contribution in [1.29, 1.82) is 0 Å². The number of carbonyl (C=O) groups excluding carboxylic acids is 1. The Kier molecular flexibility index (Phi) is 6.45. The summed E-state index contributed by atoms with van der Waals surface area (Å²) in [6, 6.07) is 9.87. The molecule has 0 saturated heterocycles. The number of methoxy groups -OCH3 is 2. The molecular weight excluding hydrogens is 398 g/mol. The van der Waals surface area contributed by atoms with Gasteiger partial charge in [-0.2, -0.15) is 5.10 Å². The van der Waals surface area contributed by atoms with Crippen LogP contribution in [0.15, 0.2) is 46.0 Å². The second-order valence-electron chi connectivity index (χ2n) is 4.57. The summed E-state index contributed by atoms with van der Waals surface area (Å²) in [6.45, 7) is 0. The van der Waals surface area contributed by atoms with E-state index >= 15 is 0 Å². The fraction of sp³-hybridized carbons (Fsp3) is 0.125. The van der Waals surface area contributed by atoms with E-state index in [-0.39, 0.29) is 0 Å². The Hall–Kier alpha value is -2.25. The van der Waals surface area contributed by atoms with Crippen LogP contribution in [0.2, 0.25) is 5.02 Å². The van der Waals surface area contributed by atoms with Crippen LogP contribution >= 0.6 is 27.5 Å². The SMILES string of the molecule is COc1cc(/C=N\NC(=O)Nc2cccc(Cl)c2)cc(Br)c1OC. The molecule has 0 aromatic heterocycles. The monoisotopic (exact) mass is 411 g/mol. The van der Waals surface area contributed by atoms with Crippen molar-refractivity contribution in [2.45, 2.75) is 0 Å². The van der Waals surface area contributed by atoms with Crippen LogP contribution in [0, 0.1) is 0 Å². The van der Waals surface area contributed by atoms with Crippen LogP contribution in [-0.4, -0.2) is 26.5 Å². The van der Waals surface area contributed by atoms with E-state index in [0.29, 0.717) is 26.7 Å². The van der Waals surface area contributed by atoms with E-state index in [4.69, 9.17) is 21.1 Å². The molecule has 2 N–H and O–H groups in total. The molecule has 0 heterocycles. The van der Waals surface area contributed by atoms with Crippen molar-refractivity contribution in [3.8, 4) is 11.5 Å². The number of nitrogens with zero attached hydrogens (tertiary/aromatic N) is 1. The van der Waals surface area contributed by atoms with Gasteiger partial charge in [0.1, 0.15) is 0 Å². The molecule has 2 aromatic rings. The van der Waals surface area contributed by atoms with E-state index < -0.39 is 6.03 Å². The molecule has 0 unspecified atom stereocenters. The van der Waals surface area contributed by atoms with Crippen molar-refractivity contribution in [2.75, 3.05) is 19.5 Å². The number of nitrogens with one attached hydrogen (secondary N) is 2. The smallest absolute Gasteiger partial charge is 0.339 e. The molecule has 24 heavy (non-hydrogen) atoms. The Morgan fingerprint density at radius 1 is 1.25 bits per heavy atom. The fourth-order valence-electron chi connectivity index (χ4n) is 1.90. The Balaban J connectivity index is 2.01. The van der Waals surface area contributed by atoms with Gasteiger partial charge in [-0.1, -0.05) is 17.7 Å². The van der Waals surface area contributed by atoms with Gasteiger partial charge in [-0.25, -0.2) is 10.2 Å². The predicted octanol–water partition coefficient (Wildman–Crippen LogP) is 4.28. The molecule has 0 atom stereocenters. The number of halogens is 2. The van der Waals surface area contributed by atoms with E-state index in [1.165, 1.54) is 6.21 Å². The van der Waals surface area contributed by atoms with Crippen LogP contribution in [0.3, 0.4) is 0 Å². The van der Waals surface area contributed by atoms with Crippen LogP contribution < -0.4 is 20.2 Å². The molecular formula is C16H15BrClN3O3. The highest BCUT2D eigenvalue weighted by atomic mass is 79.9. The molecule has 6 nitrogen and oxygen atoms in total. The summed E-state index contributed by atoms with van der Waals surface area (Å²) in [5.74, 6) is 1.14. The molecule has 2 rings (SSSR count). The normalized spacial score (nSPS) is 10.5. The van der Waals surface area contributed by atoms with E-state index in [9.17, 15) is 4.79 Å². The third kappa shape index (κ3) is 4.87. The lowest BCUT2D eigenvalue weighted by atomic mass is 10.2. The molecule has 8 heteroatoms. The minimum Gasteiger partial charge on any atom is -0.493 e. The third-order valence-electron chi connectivity index (χ3n) is 2.92. The number of hydrogen-bond acceptors (Lipinski definition) is 4. The maximum atomic E-state index is 11.8. The zero-order valence-corrected chi connectivity index (χ0v) is 15.3. The highest BCUT2D eigenvalue weighted by Gasteiger charge is 2.09. The Morgan fingerprint density at radius 2 is 2.04 bits per heavy atom. The first kappa shape index (κ1) is 18.1. The number of benzene rings is 2. The quantitative estimate of drug-likeness (QED) is 0.569. The number of urea groups is 1. The van der Waals surface area contributed by atoms with Crippen molar-refractivity contribution in [3.63, 3.8) is 0 Å². The predicted molar refractivity (Wildman–Crippen MR) is 98.4 cm³/mol. The van der Waals surface area contributed by atoms with Crippen LogP contribution in [0.4, 0.5) is 10.5 Å². The van der Waals surface area contributed by atoms with Crippen LogP contribution in [0.1, 0.15) is 5.56 Å². The molecule has 0 aliphatic heterocycles. The largest absolute Gasteiger partial charge is 0.493 e. The lowest BCUT2D eigenvalue weighted by Gasteiger charge is -2.10. The summed E-state index contributed by atoms with van der Waals surface area (Å²) >= 11 is 9.24. The van der Waals surface area contributed by atoms with Gasteiger partial charge in [-0.3, -0.25) is 0 Å². The van der Waals surface area contributed by atoms with Crippen LogP contribution in [0.5, 0.6) is 11.5 Å². The fourth-order valence-corrected chi connectivity index (χ4v) is 2.72. The van der Waals surface area contributed by atoms with Gasteiger partial charge in [0, 0.05) is 10.7 Å². The molecule has 0 saturated carbocycles. The number of rotatable bonds is 5. The van der Waals surface area contributed by atoms with Crippen molar-refractivity contribution in [1.82, 2.24) is 5.43 Å². The minimum absolute atomic E-state index is 0.479. The number of hydrogen-bond donors (Lipinski definition) is 2. The average molecular weight is 413 g/mol. The van der Waals surface area contributed by atoms with E-state index in [1.54, 1.807) is 50.6 Å². The van der Waals surface area contributed by atoms with Gasteiger partial charge in [0.15, 0.2) is 11.5 Å². The lowest BCUT2D eigenvalue weighted by Crippen LogP contribution is -2.24. The minimum atomic E-state index is -0.479. The van der Waals surface area contributed by atoms with Crippen molar-refractivity contribution in [2.24, 2.45) is 5.10 Å². The summed E-state index contributed by atoms with van der Waals surface area (Å²) < 4.78 is 11.2. The van der Waals surface area contributed by atoms with Gasteiger partial charge in [-0.15, -0.1) is 0 Å². The highest BCUT2D eigenvalue weighted by Crippen LogP contribution is 2.35. The summed E-state index contributed by atoms with van der Waals surface area (Å²) in [5.41, 5.74) is 3.67. The van der Waals surface area contributed by atoms with E-state index in [0.717, 1.165) is 5.56 Å². The van der Waals surface area contributed by atoms with Gasteiger partial charge in [0.25, 0.3) is 0 Å². The zero-order chi connectivity index (χ0) is 17.5. The molecule has 0 aliphatic rings. The van der Waals surface area contributed by atoms with Crippen LogP contribution in [-0.2, 0) is 0 Å². The van der Waals surface area contributed by atoms with Crippen molar-refractivity contribution in [3.05, 3.63) is 51.5 Å². The zero-order valence-electron chi connectivity index (χ0n) is 13.0. The first-order valence-corrected chi connectivity index (χ1v) is 7.97. The maximum absolute atomic E-state index is 11.8. The average Bonchev–Trinajstić information content (AvgIpc) is 2.54. The molecule has 0 fully saturated rings. The molecule has 0 spiro atoms. The number of carbonyl (C=O) groups is 1. The van der Waals surface area contributed by atoms with Gasteiger partial charge < -0.3 is 14.8 Å². The van der Waals surface area contributed by atoms with E-state index in [2.05, 4.69) is 31.8 Å². The molecule has 2 aromatic carbocycles. The highest BCUT2D eigenvalue weighted by molar-refractivity contribution is 9.10. The van der Waals surface area contributed by atoms with Gasteiger partial charge >= 0.3 is 6.03 Å². The van der Waals surface area contributed by atoms with Crippen molar-refractivity contribution < 1.29 is 14.3 Å². The van der Waals surface area contributed by atoms with Gasteiger partial charge in [0.2, 0.25) is 0 Å². The van der Waals surface area contributed by atoms with Gasteiger partial charge in [0.05, 0.1) is 24.9 Å². The first-order valence-electron chi connectivity index (χ1n) is 6.80. The molecule has 0 aliphatic carbocycles. The number of ether oxygens (including phenoxy) is 2. The number of hydrazone groups is 1. The topological polar surface area (TPSA) is 72.0 Å². The summed E-state index contributed by atoms with van der Waals surface area (Å²) in [4.78, 5) is 11.8. The van der Waals surface area contributed by atoms with Crippen molar-refractivity contribution >= 4 is 45.5 Å². The molecule has 0 radical (unpaired) electrons.